The Bertz CT molecular complexity index is 810. The number of methoxy groups -OCH3 is 2. The first kappa shape index (κ1) is 21.5. The second kappa shape index (κ2) is 10.5. The average molecular weight is 417 g/mol. The van der Waals surface area contributed by atoms with Gasteiger partial charge in [0.15, 0.2) is 0 Å². The Labute approximate surface area is 177 Å². The Hall–Kier alpha value is -2.24. The summed E-state index contributed by atoms with van der Waals surface area (Å²) < 4.78 is 10.4. The molecule has 0 aromatic heterocycles. The summed E-state index contributed by atoms with van der Waals surface area (Å²) >= 11 is 6.12. The number of ether oxygens (including phenoxy) is 2. The van der Waals surface area contributed by atoms with Crippen molar-refractivity contribution in [3.63, 3.8) is 0 Å². The van der Waals surface area contributed by atoms with Crippen molar-refractivity contribution < 1.29 is 14.3 Å². The van der Waals surface area contributed by atoms with Gasteiger partial charge in [-0.2, -0.15) is 0 Å². The topological polar surface area (TPSA) is 50.8 Å². The van der Waals surface area contributed by atoms with Gasteiger partial charge in [-0.15, -0.1) is 0 Å². The van der Waals surface area contributed by atoms with E-state index in [0.29, 0.717) is 28.8 Å². The molecule has 0 saturated carbocycles. The minimum atomic E-state index is 0.0264. The van der Waals surface area contributed by atoms with Gasteiger partial charge in [0, 0.05) is 25.2 Å². The summed E-state index contributed by atoms with van der Waals surface area (Å²) in [5.41, 5.74) is 1.99. The zero-order valence-electron chi connectivity index (χ0n) is 17.1. The molecule has 0 spiro atoms. The minimum absolute atomic E-state index is 0.0264. The minimum Gasteiger partial charge on any atom is -0.497 e. The van der Waals surface area contributed by atoms with Crippen LogP contribution in [0.4, 0.5) is 5.69 Å². The normalized spacial score (nSPS) is 17.0. The lowest BCUT2D eigenvalue weighted by atomic mass is 9.93. The Morgan fingerprint density at radius 1 is 1.17 bits per heavy atom. The summed E-state index contributed by atoms with van der Waals surface area (Å²) in [5, 5.41) is 3.42. The second-order valence-electron chi connectivity index (χ2n) is 7.53. The molecular formula is C23H29ClN2O3. The van der Waals surface area contributed by atoms with Gasteiger partial charge >= 0.3 is 0 Å². The van der Waals surface area contributed by atoms with Crippen molar-refractivity contribution in [1.82, 2.24) is 4.90 Å². The summed E-state index contributed by atoms with van der Waals surface area (Å²) in [6.45, 7) is 3.09. The van der Waals surface area contributed by atoms with Crippen LogP contribution in [0.15, 0.2) is 42.5 Å². The van der Waals surface area contributed by atoms with Crippen molar-refractivity contribution in [3.8, 4) is 11.5 Å². The number of hydrogen-bond donors (Lipinski definition) is 1. The maximum atomic E-state index is 12.3. The van der Waals surface area contributed by atoms with Crippen molar-refractivity contribution in [2.45, 2.75) is 32.2 Å². The number of hydrogen-bond acceptors (Lipinski definition) is 4. The van der Waals surface area contributed by atoms with Gasteiger partial charge in [-0.3, -0.25) is 9.69 Å². The predicted octanol–water partition coefficient (Wildman–Crippen LogP) is 4.99. The van der Waals surface area contributed by atoms with Gasteiger partial charge < -0.3 is 14.8 Å². The average Bonchev–Trinajstić information content (AvgIpc) is 2.73. The standard InChI is InChI=1S/C23H29ClN2O3/c1-28-20-9-5-18(6-10-20)16-26-13-3-4-17(15-26)7-12-23(27)25-19-8-11-22(29-2)21(24)14-19/h5-6,8-11,14,17H,3-4,7,12-13,15-16H2,1-2H3,(H,25,27)/t17-/m1/s1. The molecule has 5 nitrogen and oxygen atoms in total. The van der Waals surface area contributed by atoms with Crippen LogP contribution >= 0.6 is 11.6 Å². The molecule has 1 aliphatic heterocycles. The van der Waals surface area contributed by atoms with E-state index in [2.05, 4.69) is 22.3 Å². The lowest BCUT2D eigenvalue weighted by Crippen LogP contribution is -2.35. The summed E-state index contributed by atoms with van der Waals surface area (Å²) in [4.78, 5) is 14.8. The molecule has 1 saturated heterocycles. The van der Waals surface area contributed by atoms with Crippen molar-refractivity contribution in [1.29, 1.82) is 0 Å². The number of carbonyl (C=O) groups is 1. The Balaban J connectivity index is 1.45. The highest BCUT2D eigenvalue weighted by Crippen LogP contribution is 2.28. The number of carbonyl (C=O) groups excluding carboxylic acids is 1. The molecule has 1 atom stereocenters. The lowest BCUT2D eigenvalue weighted by Gasteiger charge is -2.32. The highest BCUT2D eigenvalue weighted by atomic mass is 35.5. The van der Waals surface area contributed by atoms with Crippen molar-refractivity contribution >= 4 is 23.2 Å². The molecule has 0 bridgehead atoms. The van der Waals surface area contributed by atoms with Crippen LogP contribution in [-0.2, 0) is 11.3 Å². The maximum absolute atomic E-state index is 12.3. The summed E-state index contributed by atoms with van der Waals surface area (Å²) in [7, 11) is 3.26. The molecular weight excluding hydrogens is 388 g/mol. The zero-order chi connectivity index (χ0) is 20.6. The number of piperidine rings is 1. The molecule has 1 heterocycles. The van der Waals surface area contributed by atoms with Crippen LogP contribution in [0.5, 0.6) is 11.5 Å². The third-order valence-corrected chi connectivity index (χ3v) is 5.68. The van der Waals surface area contributed by atoms with Crippen LogP contribution in [0.25, 0.3) is 0 Å². The van der Waals surface area contributed by atoms with Gasteiger partial charge in [0.2, 0.25) is 5.91 Å². The fourth-order valence-corrected chi connectivity index (χ4v) is 4.08. The largest absolute Gasteiger partial charge is 0.497 e. The summed E-state index contributed by atoms with van der Waals surface area (Å²) in [5.74, 6) is 2.06. The van der Waals surface area contributed by atoms with Crippen LogP contribution in [0.1, 0.15) is 31.2 Å². The van der Waals surface area contributed by atoms with Gasteiger partial charge in [-0.25, -0.2) is 0 Å². The molecule has 0 unspecified atom stereocenters. The lowest BCUT2D eigenvalue weighted by molar-refractivity contribution is -0.116. The molecule has 156 valence electrons. The third kappa shape index (κ3) is 6.38. The Kier molecular flexibility index (Phi) is 7.78. The van der Waals surface area contributed by atoms with E-state index in [1.165, 1.54) is 18.4 Å². The predicted molar refractivity (Wildman–Crippen MR) is 117 cm³/mol. The van der Waals surface area contributed by atoms with Crippen molar-refractivity contribution in [2.75, 3.05) is 32.6 Å². The monoisotopic (exact) mass is 416 g/mol. The number of nitrogens with zero attached hydrogens (tertiary/aromatic N) is 1. The molecule has 2 aromatic rings. The number of halogens is 1. The molecule has 29 heavy (non-hydrogen) atoms. The molecule has 1 fully saturated rings. The molecule has 0 aliphatic carbocycles. The molecule has 2 aromatic carbocycles. The Morgan fingerprint density at radius 3 is 2.66 bits per heavy atom. The quantitative estimate of drug-likeness (QED) is 0.658. The van der Waals surface area contributed by atoms with Crippen LogP contribution in [0.2, 0.25) is 5.02 Å². The third-order valence-electron chi connectivity index (χ3n) is 5.38. The van der Waals surface area contributed by atoms with Crippen LogP contribution < -0.4 is 14.8 Å². The number of amides is 1. The number of anilines is 1. The fraction of sp³-hybridized carbons (Fsp3) is 0.435. The highest BCUT2D eigenvalue weighted by Gasteiger charge is 2.21. The van der Waals surface area contributed by atoms with E-state index < -0.39 is 0 Å². The SMILES string of the molecule is COc1ccc(CN2CCC[C@H](CCC(=O)Nc3ccc(OC)c(Cl)c3)C2)cc1. The molecule has 6 heteroatoms. The van der Waals surface area contributed by atoms with Gasteiger partial charge in [-0.05, 0) is 67.6 Å². The van der Waals surface area contributed by atoms with E-state index in [4.69, 9.17) is 21.1 Å². The first-order chi connectivity index (χ1) is 14.1. The Morgan fingerprint density at radius 2 is 1.97 bits per heavy atom. The van der Waals surface area contributed by atoms with Crippen molar-refractivity contribution in [3.05, 3.63) is 53.1 Å². The molecule has 3 rings (SSSR count). The van der Waals surface area contributed by atoms with Crippen LogP contribution in [-0.4, -0.2) is 38.1 Å². The van der Waals surface area contributed by atoms with E-state index in [1.54, 1.807) is 32.4 Å². The maximum Gasteiger partial charge on any atom is 0.224 e. The number of nitrogens with one attached hydrogen (secondary N) is 1. The number of benzene rings is 2. The van der Waals surface area contributed by atoms with Gasteiger partial charge in [0.1, 0.15) is 11.5 Å². The van der Waals surface area contributed by atoms with Crippen molar-refractivity contribution in [2.24, 2.45) is 5.92 Å². The summed E-state index contributed by atoms with van der Waals surface area (Å²) in [6, 6.07) is 13.5. The van der Waals surface area contributed by atoms with Gasteiger partial charge in [0.05, 0.1) is 19.2 Å². The molecule has 1 aliphatic rings. The number of likely N-dealkylation sites (tertiary alicyclic amines) is 1. The van der Waals surface area contributed by atoms with E-state index >= 15 is 0 Å². The van der Waals surface area contributed by atoms with E-state index in [9.17, 15) is 4.79 Å². The smallest absolute Gasteiger partial charge is 0.224 e. The van der Waals surface area contributed by atoms with Crippen LogP contribution in [0.3, 0.4) is 0 Å². The molecule has 1 N–H and O–H groups in total. The van der Waals surface area contributed by atoms with Crippen LogP contribution in [0, 0.1) is 5.92 Å². The van der Waals surface area contributed by atoms with E-state index in [0.717, 1.165) is 31.8 Å². The second-order valence-corrected chi connectivity index (χ2v) is 7.93. The number of rotatable bonds is 8. The van der Waals surface area contributed by atoms with E-state index in [-0.39, 0.29) is 5.91 Å². The first-order valence-corrected chi connectivity index (χ1v) is 10.4. The highest BCUT2D eigenvalue weighted by molar-refractivity contribution is 6.32. The molecule has 0 radical (unpaired) electrons. The van der Waals surface area contributed by atoms with Gasteiger partial charge in [0.25, 0.3) is 0 Å². The molecule has 1 amide bonds. The van der Waals surface area contributed by atoms with Gasteiger partial charge in [-0.1, -0.05) is 23.7 Å². The van der Waals surface area contributed by atoms with E-state index in [1.807, 2.05) is 12.1 Å². The first-order valence-electron chi connectivity index (χ1n) is 10.1. The zero-order valence-corrected chi connectivity index (χ0v) is 17.9. The summed E-state index contributed by atoms with van der Waals surface area (Å²) in [6.07, 6.45) is 3.77. The fourth-order valence-electron chi connectivity index (χ4n) is 3.82.